The lowest BCUT2D eigenvalue weighted by Gasteiger charge is -2.64. The largest absolute Gasteiger partial charge is 0.369 e. The van der Waals surface area contributed by atoms with E-state index in [0.29, 0.717) is 50.1 Å². The molecule has 1 spiro atoms. The Morgan fingerprint density at radius 1 is 1.00 bits per heavy atom. The quantitative estimate of drug-likeness (QED) is 0.487. The Bertz CT molecular complexity index is 809. The molecule has 5 heteroatoms. The summed E-state index contributed by atoms with van der Waals surface area (Å²) in [5, 5.41) is 11.9. The van der Waals surface area contributed by atoms with E-state index in [1.165, 1.54) is 18.4 Å². The Balaban J connectivity index is 1.44. The van der Waals surface area contributed by atoms with E-state index < -0.39 is 17.7 Å². The van der Waals surface area contributed by atoms with Crippen LogP contribution in [-0.4, -0.2) is 49.2 Å². The smallest absolute Gasteiger partial charge is 0.253 e. The summed E-state index contributed by atoms with van der Waals surface area (Å²) in [4.78, 5) is 0. The lowest BCUT2D eigenvalue weighted by molar-refractivity contribution is -0.423. The molecule has 8 atom stereocenters. The lowest BCUT2D eigenvalue weighted by atomic mass is 9.45. The number of rotatable bonds is 0. The third-order valence-corrected chi connectivity index (χ3v) is 10.0. The normalized spacial score (nSPS) is 53.8. The zero-order valence-corrected chi connectivity index (χ0v) is 18.2. The topological polar surface area (TPSA) is 57.2 Å². The highest BCUT2D eigenvalue weighted by molar-refractivity contribution is 5.34. The van der Waals surface area contributed by atoms with Crippen molar-refractivity contribution in [1.29, 1.82) is 0 Å². The first-order valence-electron chi connectivity index (χ1n) is 11.8. The van der Waals surface area contributed by atoms with Gasteiger partial charge in [0.2, 0.25) is 5.79 Å². The number of hydrogen-bond acceptors (Lipinski definition) is 5. The summed E-state index contributed by atoms with van der Waals surface area (Å²) in [5.41, 5.74) is 1.29. The molecule has 2 saturated heterocycles. The molecule has 5 nitrogen and oxygen atoms in total. The zero-order valence-electron chi connectivity index (χ0n) is 18.2. The van der Waals surface area contributed by atoms with Crippen LogP contribution in [0.3, 0.4) is 0 Å². The van der Waals surface area contributed by atoms with E-state index in [9.17, 15) is 5.11 Å². The molecule has 2 heterocycles. The predicted molar refractivity (Wildman–Crippen MR) is 110 cm³/mol. The lowest BCUT2D eigenvalue weighted by Crippen LogP contribution is -2.74. The summed E-state index contributed by atoms with van der Waals surface area (Å²) < 4.78 is 24.5. The highest BCUT2D eigenvalue weighted by atomic mass is 16.8. The van der Waals surface area contributed by atoms with Gasteiger partial charge in [0, 0.05) is 11.3 Å². The fourth-order valence-corrected chi connectivity index (χ4v) is 8.59. The molecular weight excluding hydrogens is 380 g/mol. The highest BCUT2D eigenvalue weighted by Gasteiger charge is 2.73. The first-order chi connectivity index (χ1) is 14.4. The van der Waals surface area contributed by atoms with Crippen LogP contribution in [0.1, 0.15) is 52.4 Å². The van der Waals surface area contributed by atoms with Gasteiger partial charge in [0.25, 0.3) is 5.79 Å². The third kappa shape index (κ3) is 2.18. The molecular formula is C25H34O5. The minimum absolute atomic E-state index is 0.251. The molecule has 4 aliphatic carbocycles. The summed E-state index contributed by atoms with van der Waals surface area (Å²) >= 11 is 0. The first-order valence-corrected chi connectivity index (χ1v) is 11.8. The van der Waals surface area contributed by atoms with Gasteiger partial charge in [-0.1, -0.05) is 19.4 Å². The number of aliphatic hydroxyl groups is 1. The van der Waals surface area contributed by atoms with E-state index in [0.717, 1.165) is 25.7 Å². The maximum absolute atomic E-state index is 11.9. The zero-order chi connectivity index (χ0) is 20.8. The number of ether oxygens (including phenoxy) is 4. The molecule has 0 amide bonds. The van der Waals surface area contributed by atoms with Crippen LogP contribution in [-0.2, 0) is 18.9 Å². The molecule has 2 unspecified atom stereocenters. The standard InChI is InChI=1S/C25H34O5/c1-4-16-6-8-19-18-7-5-17-15-24(28-13-14-29-24)25(26)21(27-11-12-30-25)23(17,3)20(18)9-10-22(16,19)2/h1,15-16,18-21,26H,5-14H2,2-3H3/t16-,18-,19-,20-,21?,22+,23-,25?/m0/s1. The van der Waals surface area contributed by atoms with Crippen LogP contribution in [0.15, 0.2) is 11.6 Å². The van der Waals surface area contributed by atoms with Gasteiger partial charge < -0.3 is 24.1 Å². The van der Waals surface area contributed by atoms with Gasteiger partial charge >= 0.3 is 0 Å². The van der Waals surface area contributed by atoms with Crippen molar-refractivity contribution in [2.75, 3.05) is 26.4 Å². The molecule has 5 fully saturated rings. The van der Waals surface area contributed by atoms with Gasteiger partial charge in [-0.15, -0.1) is 12.3 Å². The molecule has 1 N–H and O–H groups in total. The van der Waals surface area contributed by atoms with Crippen LogP contribution >= 0.6 is 0 Å². The van der Waals surface area contributed by atoms with Crippen molar-refractivity contribution in [3.8, 4) is 12.3 Å². The second kappa shape index (κ2) is 6.33. The van der Waals surface area contributed by atoms with Gasteiger partial charge in [-0.2, -0.15) is 0 Å². The predicted octanol–water partition coefficient (Wildman–Crippen LogP) is 3.27. The Labute approximate surface area is 179 Å². The van der Waals surface area contributed by atoms with Crippen LogP contribution in [0.2, 0.25) is 0 Å². The minimum Gasteiger partial charge on any atom is -0.369 e. The van der Waals surface area contributed by atoms with Gasteiger partial charge in [-0.25, -0.2) is 0 Å². The average molecular weight is 415 g/mol. The summed E-state index contributed by atoms with van der Waals surface area (Å²) in [5.74, 6) is 2.37. The summed E-state index contributed by atoms with van der Waals surface area (Å²) in [6.07, 6.45) is 14.3. The van der Waals surface area contributed by atoms with Crippen LogP contribution in [0, 0.1) is 46.8 Å². The molecule has 0 aromatic heterocycles. The fourth-order valence-electron chi connectivity index (χ4n) is 8.59. The number of fused-ring (bicyclic) bond motifs is 8. The Hall–Kier alpha value is -0.900. The van der Waals surface area contributed by atoms with Gasteiger partial charge in [0.1, 0.15) is 6.10 Å². The second-order valence-corrected chi connectivity index (χ2v) is 10.9. The van der Waals surface area contributed by atoms with Crippen molar-refractivity contribution in [3.05, 3.63) is 11.6 Å². The molecule has 6 rings (SSSR count). The van der Waals surface area contributed by atoms with Crippen molar-refractivity contribution < 1.29 is 24.1 Å². The van der Waals surface area contributed by atoms with E-state index in [1.54, 1.807) is 0 Å². The monoisotopic (exact) mass is 414 g/mol. The maximum Gasteiger partial charge on any atom is 0.253 e. The Morgan fingerprint density at radius 2 is 1.77 bits per heavy atom. The molecule has 6 aliphatic rings. The molecule has 0 aromatic rings. The Morgan fingerprint density at radius 3 is 2.53 bits per heavy atom. The van der Waals surface area contributed by atoms with Gasteiger partial charge in [-0.05, 0) is 67.8 Å². The van der Waals surface area contributed by atoms with Crippen LogP contribution in [0.5, 0.6) is 0 Å². The van der Waals surface area contributed by atoms with Gasteiger partial charge in [0.15, 0.2) is 0 Å². The van der Waals surface area contributed by atoms with Crippen molar-refractivity contribution in [2.24, 2.45) is 34.5 Å². The maximum atomic E-state index is 11.9. The summed E-state index contributed by atoms with van der Waals surface area (Å²) in [7, 11) is 0. The van der Waals surface area contributed by atoms with E-state index >= 15 is 0 Å². The van der Waals surface area contributed by atoms with Crippen LogP contribution < -0.4 is 0 Å². The fraction of sp³-hybridized carbons (Fsp3) is 0.840. The first kappa shape index (κ1) is 19.8. The molecule has 30 heavy (non-hydrogen) atoms. The van der Waals surface area contributed by atoms with Crippen LogP contribution in [0.4, 0.5) is 0 Å². The average Bonchev–Trinajstić information content (AvgIpc) is 3.34. The van der Waals surface area contributed by atoms with Crippen molar-refractivity contribution in [2.45, 2.75) is 70.1 Å². The molecule has 0 aromatic carbocycles. The summed E-state index contributed by atoms with van der Waals surface area (Å²) in [6.45, 7) is 6.49. The van der Waals surface area contributed by atoms with Crippen LogP contribution in [0.25, 0.3) is 0 Å². The van der Waals surface area contributed by atoms with E-state index in [2.05, 4.69) is 25.8 Å². The SMILES string of the molecule is C#C[C@H]1CC[C@H]2[C@@H]3CCC4=CC5(OCCO5)C5(O)OCCOC5[C@]4(C)[C@H]3CC[C@]12C. The van der Waals surface area contributed by atoms with Crippen molar-refractivity contribution in [3.63, 3.8) is 0 Å². The molecule has 0 radical (unpaired) electrons. The van der Waals surface area contributed by atoms with E-state index in [4.69, 9.17) is 25.4 Å². The number of terminal acetylenes is 1. The molecule has 3 saturated carbocycles. The van der Waals surface area contributed by atoms with E-state index in [-0.39, 0.29) is 10.8 Å². The number of hydrogen-bond donors (Lipinski definition) is 1. The second-order valence-electron chi connectivity index (χ2n) is 10.9. The van der Waals surface area contributed by atoms with Gasteiger partial charge in [0.05, 0.1) is 26.4 Å². The highest BCUT2D eigenvalue weighted by Crippen LogP contribution is 2.68. The molecule has 0 bridgehead atoms. The van der Waals surface area contributed by atoms with Gasteiger partial charge in [-0.3, -0.25) is 0 Å². The third-order valence-electron chi connectivity index (χ3n) is 10.0. The molecule has 164 valence electrons. The van der Waals surface area contributed by atoms with Crippen molar-refractivity contribution in [1.82, 2.24) is 0 Å². The van der Waals surface area contributed by atoms with Crippen molar-refractivity contribution >= 4 is 0 Å². The summed E-state index contributed by atoms with van der Waals surface area (Å²) in [6, 6.07) is 0. The molecule has 2 aliphatic heterocycles. The minimum atomic E-state index is -1.61. The van der Waals surface area contributed by atoms with E-state index in [1.807, 2.05) is 0 Å². The Kier molecular flexibility index (Phi) is 4.17.